The molecule has 0 aromatic heterocycles. The van der Waals surface area contributed by atoms with E-state index in [1.54, 1.807) is 0 Å². The molecule has 0 saturated heterocycles. The molecule has 0 spiro atoms. The average Bonchev–Trinajstić information content (AvgIpc) is 0.722. The SMILES string of the molecule is O=P(O)(O)O.[2HH].[2HH].[KH]. The van der Waals surface area contributed by atoms with Gasteiger partial charge in [-0.05, 0) is 0 Å². The van der Waals surface area contributed by atoms with Crippen molar-refractivity contribution in [2.24, 2.45) is 0 Å². The van der Waals surface area contributed by atoms with Gasteiger partial charge in [0.1, 0.15) is 0 Å². The quantitative estimate of drug-likeness (QED) is 0.298. The molecular weight excluding hydrogens is 134 g/mol. The summed E-state index contributed by atoms with van der Waals surface area (Å²) in [6, 6.07) is 0. The summed E-state index contributed by atoms with van der Waals surface area (Å²) in [5, 5.41) is 0. The molecule has 3 N–H and O–H groups in total. The Labute approximate surface area is 80.2 Å². The predicted molar refractivity (Wildman–Crippen MR) is 25.6 cm³/mol. The zero-order valence-electron chi connectivity index (χ0n) is 2.20. The first-order valence-electron chi connectivity index (χ1n) is 0.783. The molecule has 0 aromatic carbocycles. The van der Waals surface area contributed by atoms with Crippen LogP contribution in [0.15, 0.2) is 0 Å². The van der Waals surface area contributed by atoms with E-state index in [9.17, 15) is 0 Å². The second-order valence-corrected chi connectivity index (χ2v) is 1.54. The Kier molecular flexibility index (Phi) is 6.61. The van der Waals surface area contributed by atoms with Gasteiger partial charge in [-0.25, -0.2) is 4.57 Å². The van der Waals surface area contributed by atoms with Crippen molar-refractivity contribution in [3.05, 3.63) is 0 Å². The van der Waals surface area contributed by atoms with Crippen LogP contribution >= 0.6 is 7.82 Å². The summed E-state index contributed by atoms with van der Waals surface area (Å²) in [5.74, 6) is 0. The van der Waals surface area contributed by atoms with E-state index in [4.69, 9.17) is 19.2 Å². The Morgan fingerprint density at radius 3 is 1.33 bits per heavy atom. The van der Waals surface area contributed by atoms with Gasteiger partial charge in [0.25, 0.3) is 0 Å². The third-order valence-corrected chi connectivity index (χ3v) is 0. The van der Waals surface area contributed by atoms with Crippen LogP contribution in [0, 0.1) is 0 Å². The van der Waals surface area contributed by atoms with Crippen LogP contribution in [0.25, 0.3) is 0 Å². The van der Waals surface area contributed by atoms with Gasteiger partial charge in [0.15, 0.2) is 0 Å². The summed E-state index contributed by atoms with van der Waals surface area (Å²) in [6.45, 7) is 0. The van der Waals surface area contributed by atoms with Gasteiger partial charge < -0.3 is 14.7 Å². The minimum absolute atomic E-state index is 0. The van der Waals surface area contributed by atoms with Crippen LogP contribution in [0.3, 0.4) is 0 Å². The molecule has 0 aliphatic rings. The van der Waals surface area contributed by atoms with Crippen molar-refractivity contribution < 1.29 is 22.1 Å². The second-order valence-electron chi connectivity index (χ2n) is 0.513. The van der Waals surface area contributed by atoms with Crippen LogP contribution in [0.2, 0.25) is 0 Å². The summed E-state index contributed by atoms with van der Waals surface area (Å²) in [6.07, 6.45) is 0. The van der Waals surface area contributed by atoms with Gasteiger partial charge in [-0.3, -0.25) is 0 Å². The molecule has 0 rings (SSSR count). The van der Waals surface area contributed by atoms with Crippen LogP contribution < -0.4 is 0 Å². The van der Waals surface area contributed by atoms with Gasteiger partial charge >= 0.3 is 59.2 Å². The molecule has 0 radical (unpaired) electrons. The van der Waals surface area contributed by atoms with Crippen LogP contribution in [0.4, 0.5) is 0 Å². The fourth-order valence-electron chi connectivity index (χ4n) is 0. The van der Waals surface area contributed by atoms with Crippen LogP contribution in [0.5, 0.6) is 0 Å². The van der Waals surface area contributed by atoms with E-state index in [2.05, 4.69) is 0 Å². The zero-order valence-corrected chi connectivity index (χ0v) is 3.09. The number of rotatable bonds is 0. The van der Waals surface area contributed by atoms with Crippen molar-refractivity contribution in [3.8, 4) is 0 Å². The van der Waals surface area contributed by atoms with Crippen LogP contribution in [0.1, 0.15) is 2.85 Å². The molecule has 38 valence electrons. The Bertz CT molecular complexity index is 60.2. The van der Waals surface area contributed by atoms with Crippen molar-refractivity contribution in [2.45, 2.75) is 0 Å². The van der Waals surface area contributed by atoms with Crippen molar-refractivity contribution in [1.82, 2.24) is 0 Å². The summed E-state index contributed by atoms with van der Waals surface area (Å²) in [4.78, 5) is 21.6. The molecule has 0 aliphatic carbocycles. The molecule has 0 aliphatic heterocycles. The monoisotopic (exact) mass is 144 g/mol. The molecule has 0 atom stereocenters. The van der Waals surface area contributed by atoms with Gasteiger partial charge in [0, 0.05) is 2.85 Å². The van der Waals surface area contributed by atoms with Crippen LogP contribution in [-0.2, 0) is 4.57 Å². The number of phosphoric acid groups is 1. The van der Waals surface area contributed by atoms with E-state index in [1.807, 2.05) is 0 Å². The van der Waals surface area contributed by atoms with Gasteiger partial charge in [-0.1, -0.05) is 0 Å². The van der Waals surface area contributed by atoms with E-state index in [0.29, 0.717) is 0 Å². The summed E-state index contributed by atoms with van der Waals surface area (Å²) in [5.41, 5.74) is 0. The number of hydrogen-bond acceptors (Lipinski definition) is 1. The molecule has 0 amide bonds. The molecule has 0 bridgehead atoms. The van der Waals surface area contributed by atoms with Gasteiger partial charge in [0.2, 0.25) is 0 Å². The Morgan fingerprint density at radius 1 is 1.33 bits per heavy atom. The molecule has 0 heterocycles. The first kappa shape index (κ1) is 10.7. The third kappa shape index (κ3) is 42.4. The molecular formula is H8KO4P. The van der Waals surface area contributed by atoms with E-state index in [0.717, 1.165) is 0 Å². The molecule has 0 saturated carbocycles. The summed E-state index contributed by atoms with van der Waals surface area (Å²) in [7, 11) is -4.64. The molecule has 6 heavy (non-hydrogen) atoms. The zero-order chi connectivity index (χ0) is 4.50. The number of hydrogen-bond donors (Lipinski definition) is 3. The van der Waals surface area contributed by atoms with E-state index in [-0.39, 0.29) is 54.2 Å². The van der Waals surface area contributed by atoms with Gasteiger partial charge in [0.05, 0.1) is 0 Å². The summed E-state index contributed by atoms with van der Waals surface area (Å²) < 4.78 is 8.88. The maximum absolute atomic E-state index is 8.88. The normalized spacial score (nSPS) is 9.83. The van der Waals surface area contributed by atoms with Crippen molar-refractivity contribution in [2.75, 3.05) is 0 Å². The van der Waals surface area contributed by atoms with E-state index < -0.39 is 7.82 Å². The fraction of sp³-hybridized carbons (Fsp3) is 0. The first-order chi connectivity index (χ1) is 2.00. The molecule has 4 nitrogen and oxygen atoms in total. The maximum atomic E-state index is 8.88. The summed E-state index contributed by atoms with van der Waals surface area (Å²) >= 11 is 0. The second kappa shape index (κ2) is 3.71. The molecule has 0 aromatic rings. The van der Waals surface area contributed by atoms with E-state index >= 15 is 0 Å². The van der Waals surface area contributed by atoms with Gasteiger partial charge in [-0.15, -0.1) is 0 Å². The average molecular weight is 144 g/mol. The van der Waals surface area contributed by atoms with Crippen molar-refractivity contribution in [3.63, 3.8) is 0 Å². The predicted octanol–water partition coefficient (Wildman–Crippen LogP) is -1.09. The molecule has 6 heteroatoms. The standard InChI is InChI=1S/K.H3O4P.2H2.H/c;1-5(2,3)4;;;/h;(H3,1,2,3,4);2*1H;/i;;2*1+1;. The minimum atomic E-state index is -4.64. The Hall–Kier alpha value is 1.75. The topological polar surface area (TPSA) is 77.8 Å². The van der Waals surface area contributed by atoms with Gasteiger partial charge in [-0.2, -0.15) is 0 Å². The van der Waals surface area contributed by atoms with Crippen molar-refractivity contribution in [1.29, 1.82) is 0 Å². The first-order valence-corrected chi connectivity index (χ1v) is 2.35. The fourth-order valence-corrected chi connectivity index (χ4v) is 0. The Balaban J connectivity index is -0.0000000267. The molecule has 0 unspecified atom stereocenters. The third-order valence-electron chi connectivity index (χ3n) is 0. The van der Waals surface area contributed by atoms with Crippen molar-refractivity contribution >= 4 is 59.2 Å². The van der Waals surface area contributed by atoms with Crippen LogP contribution in [-0.4, -0.2) is 66.1 Å². The van der Waals surface area contributed by atoms with E-state index in [1.165, 1.54) is 0 Å². The molecule has 0 fully saturated rings. The Morgan fingerprint density at radius 2 is 1.33 bits per heavy atom.